The van der Waals surface area contributed by atoms with E-state index in [0.717, 1.165) is 6.54 Å². The lowest BCUT2D eigenvalue weighted by Crippen LogP contribution is -2.33. The quantitative estimate of drug-likeness (QED) is 0.825. The number of aliphatic hydroxyl groups excluding tert-OH is 1. The predicted octanol–water partition coefficient (Wildman–Crippen LogP) is 1.94. The van der Waals surface area contributed by atoms with Gasteiger partial charge in [-0.25, -0.2) is 0 Å². The van der Waals surface area contributed by atoms with Crippen LogP contribution in [0, 0.1) is 0 Å². The van der Waals surface area contributed by atoms with E-state index in [2.05, 4.69) is 16.8 Å². The molecule has 1 aromatic heterocycles. The molecule has 0 aliphatic heterocycles. The first-order valence-electron chi connectivity index (χ1n) is 5.67. The zero-order valence-corrected chi connectivity index (χ0v) is 9.15. The minimum Gasteiger partial charge on any atom is -0.432 e. The van der Waals surface area contributed by atoms with Gasteiger partial charge >= 0.3 is 0 Å². The molecule has 0 aromatic carbocycles. The molecular weight excluding hydrogens is 192 g/mol. The van der Waals surface area contributed by atoms with Crippen molar-refractivity contribution < 1.29 is 9.52 Å². The van der Waals surface area contributed by atoms with Crippen LogP contribution in [0.1, 0.15) is 38.3 Å². The molecule has 0 bridgehead atoms. The Kier molecular flexibility index (Phi) is 3.26. The summed E-state index contributed by atoms with van der Waals surface area (Å²) in [6.07, 6.45) is 6.59. The molecule has 84 valence electrons. The number of aromatic nitrogens is 1. The van der Waals surface area contributed by atoms with E-state index in [9.17, 15) is 0 Å². The Labute approximate surface area is 89.9 Å². The third kappa shape index (κ3) is 2.15. The molecule has 4 heteroatoms. The molecule has 2 rings (SSSR count). The summed E-state index contributed by atoms with van der Waals surface area (Å²) in [6, 6.07) is 1.23. The monoisotopic (exact) mass is 210 g/mol. The summed E-state index contributed by atoms with van der Waals surface area (Å²) in [5, 5.41) is 8.93. The SMILES string of the molecule is CCN(c1nc(CO)co1)C1CCCC1. The third-order valence-electron chi connectivity index (χ3n) is 3.05. The Morgan fingerprint density at radius 3 is 2.80 bits per heavy atom. The number of hydrogen-bond acceptors (Lipinski definition) is 4. The minimum atomic E-state index is -0.0499. The molecule has 1 heterocycles. The van der Waals surface area contributed by atoms with Gasteiger partial charge in [0.05, 0.1) is 6.61 Å². The van der Waals surface area contributed by atoms with E-state index in [1.54, 1.807) is 0 Å². The van der Waals surface area contributed by atoms with Crippen molar-refractivity contribution in [1.29, 1.82) is 0 Å². The van der Waals surface area contributed by atoms with Gasteiger partial charge in [0.1, 0.15) is 12.0 Å². The van der Waals surface area contributed by atoms with E-state index >= 15 is 0 Å². The van der Waals surface area contributed by atoms with Crippen LogP contribution in [0.3, 0.4) is 0 Å². The van der Waals surface area contributed by atoms with Gasteiger partial charge in [-0.2, -0.15) is 4.98 Å². The van der Waals surface area contributed by atoms with Gasteiger partial charge in [-0.1, -0.05) is 12.8 Å². The number of rotatable bonds is 4. The van der Waals surface area contributed by atoms with E-state index in [1.807, 2.05) is 0 Å². The fourth-order valence-electron chi connectivity index (χ4n) is 2.27. The van der Waals surface area contributed by atoms with E-state index < -0.39 is 0 Å². The lowest BCUT2D eigenvalue weighted by atomic mass is 10.2. The molecule has 1 aliphatic rings. The smallest absolute Gasteiger partial charge is 0.297 e. The average Bonchev–Trinajstić information content (AvgIpc) is 2.89. The molecule has 1 fully saturated rings. The molecule has 1 aromatic rings. The Morgan fingerprint density at radius 2 is 2.27 bits per heavy atom. The summed E-state index contributed by atoms with van der Waals surface area (Å²) in [5.74, 6) is 0. The zero-order chi connectivity index (χ0) is 10.7. The highest BCUT2D eigenvalue weighted by Gasteiger charge is 2.24. The molecule has 4 nitrogen and oxygen atoms in total. The number of hydrogen-bond donors (Lipinski definition) is 1. The van der Waals surface area contributed by atoms with Gasteiger partial charge in [-0.05, 0) is 19.8 Å². The van der Waals surface area contributed by atoms with Crippen LogP contribution in [-0.2, 0) is 6.61 Å². The number of oxazole rings is 1. The normalized spacial score (nSPS) is 17.2. The van der Waals surface area contributed by atoms with Crippen LogP contribution < -0.4 is 4.90 Å². The molecule has 1 aliphatic carbocycles. The third-order valence-corrected chi connectivity index (χ3v) is 3.05. The lowest BCUT2D eigenvalue weighted by molar-refractivity contribution is 0.276. The molecule has 0 radical (unpaired) electrons. The Morgan fingerprint density at radius 1 is 1.53 bits per heavy atom. The molecule has 1 saturated carbocycles. The van der Waals surface area contributed by atoms with E-state index in [0.29, 0.717) is 17.8 Å². The molecule has 0 unspecified atom stereocenters. The fraction of sp³-hybridized carbons (Fsp3) is 0.727. The number of nitrogens with zero attached hydrogens (tertiary/aromatic N) is 2. The van der Waals surface area contributed by atoms with Crippen LogP contribution >= 0.6 is 0 Å². The highest BCUT2D eigenvalue weighted by atomic mass is 16.4. The van der Waals surface area contributed by atoms with Gasteiger partial charge in [0.25, 0.3) is 6.01 Å². The fourth-order valence-corrected chi connectivity index (χ4v) is 2.27. The summed E-state index contributed by atoms with van der Waals surface area (Å²) in [4.78, 5) is 6.45. The van der Waals surface area contributed by atoms with Crippen LogP contribution in [-0.4, -0.2) is 22.7 Å². The Hall–Kier alpha value is -1.03. The van der Waals surface area contributed by atoms with Crippen molar-refractivity contribution in [2.24, 2.45) is 0 Å². The first-order chi connectivity index (χ1) is 7.35. The van der Waals surface area contributed by atoms with Crippen molar-refractivity contribution >= 4 is 6.01 Å². The summed E-state index contributed by atoms with van der Waals surface area (Å²) < 4.78 is 5.38. The van der Waals surface area contributed by atoms with Gasteiger partial charge in [-0.3, -0.25) is 0 Å². The molecule has 0 amide bonds. The molecule has 0 saturated heterocycles. The summed E-state index contributed by atoms with van der Waals surface area (Å²) in [7, 11) is 0. The predicted molar refractivity (Wildman–Crippen MR) is 57.7 cm³/mol. The highest BCUT2D eigenvalue weighted by Crippen LogP contribution is 2.27. The van der Waals surface area contributed by atoms with Crippen LogP contribution in [0.5, 0.6) is 0 Å². The number of anilines is 1. The number of aliphatic hydroxyl groups is 1. The zero-order valence-electron chi connectivity index (χ0n) is 9.15. The van der Waals surface area contributed by atoms with Crippen molar-refractivity contribution in [2.75, 3.05) is 11.4 Å². The van der Waals surface area contributed by atoms with E-state index in [4.69, 9.17) is 9.52 Å². The van der Waals surface area contributed by atoms with Crippen molar-refractivity contribution in [2.45, 2.75) is 45.3 Å². The molecule has 1 N–H and O–H groups in total. The van der Waals surface area contributed by atoms with Gasteiger partial charge in [-0.15, -0.1) is 0 Å². The average molecular weight is 210 g/mol. The summed E-state index contributed by atoms with van der Waals surface area (Å²) >= 11 is 0. The van der Waals surface area contributed by atoms with Gasteiger partial charge in [0, 0.05) is 12.6 Å². The molecule has 0 atom stereocenters. The lowest BCUT2D eigenvalue weighted by Gasteiger charge is -2.25. The van der Waals surface area contributed by atoms with Crippen LogP contribution in [0.4, 0.5) is 6.01 Å². The van der Waals surface area contributed by atoms with Crippen LogP contribution in [0.25, 0.3) is 0 Å². The largest absolute Gasteiger partial charge is 0.432 e. The van der Waals surface area contributed by atoms with Crippen molar-refractivity contribution in [3.8, 4) is 0 Å². The highest BCUT2D eigenvalue weighted by molar-refractivity contribution is 5.29. The maximum Gasteiger partial charge on any atom is 0.297 e. The van der Waals surface area contributed by atoms with Gasteiger partial charge in [0.15, 0.2) is 0 Å². The molecular formula is C11H18N2O2. The summed E-state index contributed by atoms with van der Waals surface area (Å²) in [6.45, 7) is 2.98. The van der Waals surface area contributed by atoms with Crippen molar-refractivity contribution in [3.05, 3.63) is 12.0 Å². The van der Waals surface area contributed by atoms with Crippen LogP contribution in [0.15, 0.2) is 10.7 Å². The summed E-state index contributed by atoms with van der Waals surface area (Å²) in [5.41, 5.74) is 0.612. The maximum atomic E-state index is 8.93. The topological polar surface area (TPSA) is 49.5 Å². The minimum absolute atomic E-state index is 0.0499. The van der Waals surface area contributed by atoms with E-state index in [1.165, 1.54) is 31.9 Å². The molecule has 0 spiro atoms. The van der Waals surface area contributed by atoms with Gasteiger partial charge in [0.2, 0.25) is 0 Å². The standard InChI is InChI=1S/C11H18N2O2/c1-2-13(10-5-3-4-6-10)11-12-9(7-14)8-15-11/h8,10,14H,2-7H2,1H3. The van der Waals surface area contributed by atoms with Gasteiger partial charge < -0.3 is 14.4 Å². The van der Waals surface area contributed by atoms with E-state index in [-0.39, 0.29) is 6.61 Å². The van der Waals surface area contributed by atoms with Crippen molar-refractivity contribution in [1.82, 2.24) is 4.98 Å². The Bertz CT molecular complexity index is 305. The molecule has 15 heavy (non-hydrogen) atoms. The second kappa shape index (κ2) is 4.66. The second-order valence-corrected chi connectivity index (χ2v) is 4.00. The van der Waals surface area contributed by atoms with Crippen LogP contribution in [0.2, 0.25) is 0 Å². The second-order valence-electron chi connectivity index (χ2n) is 4.00. The first-order valence-corrected chi connectivity index (χ1v) is 5.67. The van der Waals surface area contributed by atoms with Crippen molar-refractivity contribution in [3.63, 3.8) is 0 Å². The first kappa shape index (κ1) is 10.5. The Balaban J connectivity index is 2.10. The maximum absolute atomic E-state index is 8.93.